The summed E-state index contributed by atoms with van der Waals surface area (Å²) in [7, 11) is 0. The highest BCUT2D eigenvalue weighted by atomic mass is 32.1. The van der Waals surface area contributed by atoms with Gasteiger partial charge < -0.3 is 8.82 Å². The third-order valence-electron chi connectivity index (χ3n) is 3.57. The van der Waals surface area contributed by atoms with Crippen LogP contribution in [-0.4, -0.2) is 9.38 Å². The highest BCUT2D eigenvalue weighted by molar-refractivity contribution is 7.07. The van der Waals surface area contributed by atoms with E-state index in [0.29, 0.717) is 0 Å². The maximum absolute atomic E-state index is 5.57. The Balaban J connectivity index is 1.95. The molecule has 4 rings (SSSR count). The SMILES string of the molecule is Cc1ccc2nc(-c3ccco3)c(Cc3ccsc3)n2c1. The van der Waals surface area contributed by atoms with Crippen molar-refractivity contribution >= 4 is 17.0 Å². The third-order valence-corrected chi connectivity index (χ3v) is 4.30. The van der Waals surface area contributed by atoms with Gasteiger partial charge in [-0.25, -0.2) is 4.98 Å². The van der Waals surface area contributed by atoms with Crippen LogP contribution in [0.25, 0.3) is 17.1 Å². The first-order valence-electron chi connectivity index (χ1n) is 6.84. The second-order valence-electron chi connectivity index (χ2n) is 5.13. The maximum atomic E-state index is 5.57. The van der Waals surface area contributed by atoms with Crippen LogP contribution in [0.3, 0.4) is 0 Å². The first kappa shape index (κ1) is 12.4. The van der Waals surface area contributed by atoms with Gasteiger partial charge in [-0.05, 0) is 53.1 Å². The van der Waals surface area contributed by atoms with Crippen molar-refractivity contribution in [2.75, 3.05) is 0 Å². The van der Waals surface area contributed by atoms with Crippen LogP contribution in [0, 0.1) is 6.92 Å². The Hall–Kier alpha value is -2.33. The van der Waals surface area contributed by atoms with Crippen LogP contribution in [0.4, 0.5) is 0 Å². The van der Waals surface area contributed by atoms with Crippen LogP contribution < -0.4 is 0 Å². The molecule has 4 aromatic rings. The Morgan fingerprint density at radius 1 is 1.24 bits per heavy atom. The van der Waals surface area contributed by atoms with Gasteiger partial charge >= 0.3 is 0 Å². The zero-order valence-electron chi connectivity index (χ0n) is 11.6. The highest BCUT2D eigenvalue weighted by Gasteiger charge is 2.16. The molecule has 0 radical (unpaired) electrons. The summed E-state index contributed by atoms with van der Waals surface area (Å²) < 4.78 is 7.74. The van der Waals surface area contributed by atoms with Gasteiger partial charge in [-0.3, -0.25) is 0 Å². The predicted octanol–water partition coefficient (Wildman–Crippen LogP) is 4.56. The molecule has 4 aromatic heterocycles. The van der Waals surface area contributed by atoms with Crippen LogP contribution in [0.5, 0.6) is 0 Å². The molecule has 104 valence electrons. The molecule has 0 unspecified atom stereocenters. The molecule has 0 aliphatic heterocycles. The summed E-state index contributed by atoms with van der Waals surface area (Å²) in [6, 6.07) is 10.2. The zero-order valence-corrected chi connectivity index (χ0v) is 12.4. The fourth-order valence-corrected chi connectivity index (χ4v) is 3.23. The summed E-state index contributed by atoms with van der Waals surface area (Å²) in [5.74, 6) is 0.821. The van der Waals surface area contributed by atoms with E-state index in [1.54, 1.807) is 17.6 Å². The van der Waals surface area contributed by atoms with E-state index in [-0.39, 0.29) is 0 Å². The number of fused-ring (bicyclic) bond motifs is 1. The minimum Gasteiger partial charge on any atom is -0.463 e. The number of furan rings is 1. The van der Waals surface area contributed by atoms with Crippen molar-refractivity contribution in [1.29, 1.82) is 0 Å². The molecule has 0 atom stereocenters. The van der Waals surface area contributed by atoms with E-state index >= 15 is 0 Å². The van der Waals surface area contributed by atoms with E-state index in [0.717, 1.165) is 23.5 Å². The second-order valence-corrected chi connectivity index (χ2v) is 5.91. The van der Waals surface area contributed by atoms with Crippen LogP contribution in [0.1, 0.15) is 16.8 Å². The van der Waals surface area contributed by atoms with E-state index in [4.69, 9.17) is 9.40 Å². The number of rotatable bonds is 3. The normalized spacial score (nSPS) is 11.3. The standard InChI is InChI=1S/C17H14N2OS/c1-12-4-5-16-18-17(15-3-2-7-20-15)14(19(16)10-12)9-13-6-8-21-11-13/h2-8,10-11H,9H2,1H3. The molecule has 0 aliphatic carbocycles. The van der Waals surface area contributed by atoms with Crippen LogP contribution in [-0.2, 0) is 6.42 Å². The minimum atomic E-state index is 0.821. The molecular formula is C17H14N2OS. The molecule has 0 saturated heterocycles. The summed E-state index contributed by atoms with van der Waals surface area (Å²) >= 11 is 1.72. The van der Waals surface area contributed by atoms with Gasteiger partial charge in [-0.1, -0.05) is 6.07 Å². The summed E-state index contributed by atoms with van der Waals surface area (Å²) in [4.78, 5) is 4.75. The first-order valence-corrected chi connectivity index (χ1v) is 7.78. The van der Waals surface area contributed by atoms with Crippen molar-refractivity contribution in [3.63, 3.8) is 0 Å². The Kier molecular flexibility index (Phi) is 2.89. The molecule has 0 spiro atoms. The molecular weight excluding hydrogens is 280 g/mol. The van der Waals surface area contributed by atoms with Crippen molar-refractivity contribution in [1.82, 2.24) is 9.38 Å². The summed E-state index contributed by atoms with van der Waals surface area (Å²) in [6.45, 7) is 2.10. The average molecular weight is 294 g/mol. The lowest BCUT2D eigenvalue weighted by Gasteiger charge is -2.03. The van der Waals surface area contributed by atoms with Gasteiger partial charge in [-0.2, -0.15) is 11.3 Å². The zero-order chi connectivity index (χ0) is 14.2. The fraction of sp³-hybridized carbons (Fsp3) is 0.118. The Bertz CT molecular complexity index is 873. The molecule has 4 heterocycles. The number of hydrogen-bond acceptors (Lipinski definition) is 3. The Morgan fingerprint density at radius 3 is 2.95 bits per heavy atom. The number of aromatic nitrogens is 2. The molecule has 0 fully saturated rings. The summed E-state index contributed by atoms with van der Waals surface area (Å²) in [5.41, 5.74) is 5.57. The van der Waals surface area contributed by atoms with E-state index in [1.165, 1.54) is 16.8 Å². The molecule has 0 bridgehead atoms. The van der Waals surface area contributed by atoms with E-state index in [1.807, 2.05) is 12.1 Å². The molecule has 0 aliphatic rings. The Morgan fingerprint density at radius 2 is 2.19 bits per heavy atom. The lowest BCUT2D eigenvalue weighted by molar-refractivity contribution is 0.579. The number of thiophene rings is 1. The van der Waals surface area contributed by atoms with Crippen molar-refractivity contribution in [2.24, 2.45) is 0 Å². The third kappa shape index (κ3) is 2.17. The topological polar surface area (TPSA) is 30.4 Å². The highest BCUT2D eigenvalue weighted by Crippen LogP contribution is 2.27. The van der Waals surface area contributed by atoms with Crippen molar-refractivity contribution < 1.29 is 4.42 Å². The van der Waals surface area contributed by atoms with Crippen LogP contribution in [0.15, 0.2) is 58.0 Å². The van der Waals surface area contributed by atoms with Gasteiger partial charge in [0.25, 0.3) is 0 Å². The summed E-state index contributed by atoms with van der Waals surface area (Å²) in [5, 5.41) is 4.29. The minimum absolute atomic E-state index is 0.821. The van der Waals surface area contributed by atoms with Crippen molar-refractivity contribution in [3.8, 4) is 11.5 Å². The molecule has 3 nitrogen and oxygen atoms in total. The number of imidazole rings is 1. The molecule has 4 heteroatoms. The maximum Gasteiger partial charge on any atom is 0.154 e. The van der Waals surface area contributed by atoms with Gasteiger partial charge in [0.2, 0.25) is 0 Å². The number of nitrogens with zero attached hydrogens (tertiary/aromatic N) is 2. The van der Waals surface area contributed by atoms with E-state index < -0.39 is 0 Å². The monoisotopic (exact) mass is 294 g/mol. The first-order chi connectivity index (χ1) is 10.3. The quantitative estimate of drug-likeness (QED) is 0.554. The van der Waals surface area contributed by atoms with Crippen molar-refractivity contribution in [3.05, 3.63) is 70.4 Å². The predicted molar refractivity (Wildman–Crippen MR) is 84.8 cm³/mol. The molecule has 0 saturated carbocycles. The summed E-state index contributed by atoms with van der Waals surface area (Å²) in [6.07, 6.45) is 4.68. The van der Waals surface area contributed by atoms with Gasteiger partial charge in [-0.15, -0.1) is 0 Å². The van der Waals surface area contributed by atoms with Gasteiger partial charge in [0.05, 0.1) is 12.0 Å². The van der Waals surface area contributed by atoms with Gasteiger partial charge in [0.15, 0.2) is 5.76 Å². The molecule has 0 aromatic carbocycles. The second kappa shape index (κ2) is 4.90. The molecule has 21 heavy (non-hydrogen) atoms. The largest absolute Gasteiger partial charge is 0.463 e. The molecule has 0 amide bonds. The lowest BCUT2D eigenvalue weighted by atomic mass is 10.1. The van der Waals surface area contributed by atoms with Crippen LogP contribution >= 0.6 is 11.3 Å². The van der Waals surface area contributed by atoms with Gasteiger partial charge in [0, 0.05) is 12.6 Å². The van der Waals surface area contributed by atoms with E-state index in [9.17, 15) is 0 Å². The fourth-order valence-electron chi connectivity index (χ4n) is 2.57. The van der Waals surface area contributed by atoms with E-state index in [2.05, 4.69) is 46.5 Å². The Labute approximate surface area is 126 Å². The number of pyridine rings is 1. The molecule has 0 N–H and O–H groups in total. The van der Waals surface area contributed by atoms with Crippen molar-refractivity contribution in [2.45, 2.75) is 13.3 Å². The van der Waals surface area contributed by atoms with Gasteiger partial charge in [0.1, 0.15) is 11.3 Å². The number of hydrogen-bond donors (Lipinski definition) is 0. The average Bonchev–Trinajstić information content (AvgIpc) is 3.20. The van der Waals surface area contributed by atoms with Crippen LogP contribution in [0.2, 0.25) is 0 Å². The lowest BCUT2D eigenvalue weighted by Crippen LogP contribution is -1.96. The smallest absolute Gasteiger partial charge is 0.154 e. The number of aryl methyl sites for hydroxylation is 1.